The van der Waals surface area contributed by atoms with Crippen LogP contribution in [0.3, 0.4) is 0 Å². The summed E-state index contributed by atoms with van der Waals surface area (Å²) in [4.78, 5) is 53.2. The van der Waals surface area contributed by atoms with E-state index in [0.717, 1.165) is 21.4 Å². The van der Waals surface area contributed by atoms with Gasteiger partial charge in [-0.2, -0.15) is 0 Å². The van der Waals surface area contributed by atoms with Gasteiger partial charge in [-0.3, -0.25) is 19.3 Å². The van der Waals surface area contributed by atoms with Crippen LogP contribution in [0.1, 0.15) is 12.0 Å². The number of esters is 1. The summed E-state index contributed by atoms with van der Waals surface area (Å²) in [6.45, 7) is -0.518. The Hall–Kier alpha value is -3.26. The van der Waals surface area contributed by atoms with Crippen LogP contribution >= 0.6 is 15.9 Å². The molecule has 1 aliphatic heterocycles. The Labute approximate surface area is 205 Å². The second kappa shape index (κ2) is 9.18. The molecule has 174 valence electrons. The van der Waals surface area contributed by atoms with Crippen LogP contribution in [0.25, 0.3) is 0 Å². The van der Waals surface area contributed by atoms with Gasteiger partial charge >= 0.3 is 5.97 Å². The van der Waals surface area contributed by atoms with Gasteiger partial charge in [-0.05, 0) is 48.1 Å². The number of likely N-dealkylation sites (tertiary alicyclic amines) is 1. The maximum Gasteiger partial charge on any atom is 0.330 e. The zero-order valence-corrected chi connectivity index (χ0v) is 19.8. The molecule has 2 bridgehead atoms. The molecule has 1 heterocycles. The first kappa shape index (κ1) is 22.5. The van der Waals surface area contributed by atoms with Crippen LogP contribution in [0.5, 0.6) is 0 Å². The zero-order valence-electron chi connectivity index (χ0n) is 18.2. The molecule has 0 unspecified atom stereocenters. The Bertz CT molecular complexity index is 1130. The lowest BCUT2D eigenvalue weighted by Gasteiger charge is -2.26. The molecule has 0 spiro atoms. The first-order valence-corrected chi connectivity index (χ1v) is 12.0. The third-order valence-corrected chi connectivity index (χ3v) is 7.36. The van der Waals surface area contributed by atoms with E-state index in [1.54, 1.807) is 24.3 Å². The lowest BCUT2D eigenvalue weighted by atomic mass is 9.85. The van der Waals surface area contributed by atoms with Gasteiger partial charge in [0.05, 0.1) is 11.8 Å². The Morgan fingerprint density at radius 3 is 2.21 bits per heavy atom. The number of halogens is 1. The summed E-state index contributed by atoms with van der Waals surface area (Å²) in [5.41, 5.74) is 1.35. The Morgan fingerprint density at radius 1 is 0.971 bits per heavy atom. The number of anilines is 1. The summed E-state index contributed by atoms with van der Waals surface area (Å²) in [5.74, 6) is -2.64. The van der Waals surface area contributed by atoms with Crippen molar-refractivity contribution in [2.24, 2.45) is 23.7 Å². The number of imide groups is 1. The topological polar surface area (TPSA) is 92.8 Å². The van der Waals surface area contributed by atoms with E-state index in [0.29, 0.717) is 5.69 Å². The molecule has 0 radical (unpaired) electrons. The van der Waals surface area contributed by atoms with E-state index < -0.39 is 36.4 Å². The van der Waals surface area contributed by atoms with E-state index in [1.807, 2.05) is 42.5 Å². The minimum absolute atomic E-state index is 0.0431. The molecule has 2 fully saturated rings. The summed E-state index contributed by atoms with van der Waals surface area (Å²) in [7, 11) is 0. The van der Waals surface area contributed by atoms with Crippen molar-refractivity contribution >= 4 is 45.3 Å². The maximum atomic E-state index is 13.3. The molecule has 2 aromatic carbocycles. The minimum Gasteiger partial charge on any atom is -0.454 e. The summed E-state index contributed by atoms with van der Waals surface area (Å²) in [6, 6.07) is 15.0. The number of rotatable bonds is 7. The van der Waals surface area contributed by atoms with Crippen molar-refractivity contribution in [3.63, 3.8) is 0 Å². The molecule has 3 amide bonds. The Kier molecular flexibility index (Phi) is 6.08. The van der Waals surface area contributed by atoms with Crippen molar-refractivity contribution in [1.82, 2.24) is 4.90 Å². The highest BCUT2D eigenvalue weighted by Gasteiger charge is 2.61. The summed E-state index contributed by atoms with van der Waals surface area (Å²) in [6.07, 6.45) is 4.97. The highest BCUT2D eigenvalue weighted by atomic mass is 79.9. The number of benzene rings is 2. The molecule has 1 saturated heterocycles. The van der Waals surface area contributed by atoms with Gasteiger partial charge in [0.15, 0.2) is 6.61 Å². The molecule has 7 nitrogen and oxygen atoms in total. The number of allylic oxidation sites excluding steroid dienone is 2. The molecular weight excluding hydrogens is 500 g/mol. The van der Waals surface area contributed by atoms with Gasteiger partial charge in [-0.15, -0.1) is 0 Å². The average molecular weight is 523 g/mol. The predicted octanol–water partition coefficient (Wildman–Crippen LogP) is 3.35. The van der Waals surface area contributed by atoms with Crippen molar-refractivity contribution in [3.8, 4) is 0 Å². The van der Waals surface area contributed by atoms with E-state index in [9.17, 15) is 19.2 Å². The van der Waals surface area contributed by atoms with E-state index >= 15 is 0 Å². The fourth-order valence-electron chi connectivity index (χ4n) is 5.31. The van der Waals surface area contributed by atoms with Crippen LogP contribution in [0.15, 0.2) is 71.2 Å². The van der Waals surface area contributed by atoms with Gasteiger partial charge in [0, 0.05) is 16.6 Å². The van der Waals surface area contributed by atoms with Crippen molar-refractivity contribution < 1.29 is 23.9 Å². The quantitative estimate of drug-likeness (QED) is 0.342. The minimum atomic E-state index is -1.12. The SMILES string of the molecule is O=C(COC(=O)[C@@H](Cc1ccccc1)N1C(=O)[C@@H]2[C@H](C1=O)[C@H]1C=C[C@H]2C1)Nc1ccc(Br)cc1. The molecule has 5 atom stereocenters. The highest BCUT2D eigenvalue weighted by Crippen LogP contribution is 2.53. The molecule has 1 N–H and O–H groups in total. The molecule has 8 heteroatoms. The van der Waals surface area contributed by atoms with Crippen LogP contribution in [0, 0.1) is 23.7 Å². The van der Waals surface area contributed by atoms with E-state index in [-0.39, 0.29) is 30.1 Å². The van der Waals surface area contributed by atoms with Gasteiger partial charge in [0.25, 0.3) is 5.91 Å². The summed E-state index contributed by atoms with van der Waals surface area (Å²) in [5, 5.41) is 2.66. The number of hydrogen-bond acceptors (Lipinski definition) is 5. The number of fused-ring (bicyclic) bond motifs is 5. The summed E-state index contributed by atoms with van der Waals surface area (Å²) < 4.78 is 6.18. The lowest BCUT2D eigenvalue weighted by Crippen LogP contribution is -2.48. The van der Waals surface area contributed by atoms with Crippen LogP contribution in [0.4, 0.5) is 5.69 Å². The molecule has 2 aromatic rings. The third-order valence-electron chi connectivity index (χ3n) is 6.83. The number of nitrogens with one attached hydrogen (secondary N) is 1. The molecule has 34 heavy (non-hydrogen) atoms. The van der Waals surface area contributed by atoms with Gasteiger partial charge < -0.3 is 10.1 Å². The molecule has 5 rings (SSSR count). The van der Waals surface area contributed by atoms with Crippen molar-refractivity contribution in [2.45, 2.75) is 18.9 Å². The normalized spacial score (nSPS) is 25.4. The zero-order chi connectivity index (χ0) is 23.8. The van der Waals surface area contributed by atoms with Crippen molar-refractivity contribution in [3.05, 3.63) is 76.8 Å². The maximum absolute atomic E-state index is 13.3. The van der Waals surface area contributed by atoms with E-state index in [1.165, 1.54) is 0 Å². The molecule has 0 aromatic heterocycles. The molecule has 3 aliphatic rings. The number of carbonyl (C=O) groups is 4. The fraction of sp³-hybridized carbons (Fsp3) is 0.308. The fourth-order valence-corrected chi connectivity index (χ4v) is 5.58. The Morgan fingerprint density at radius 2 is 1.59 bits per heavy atom. The van der Waals surface area contributed by atoms with Gasteiger partial charge in [0.1, 0.15) is 6.04 Å². The standard InChI is InChI=1S/C26H23BrN2O5/c27-18-8-10-19(11-9-18)28-21(30)14-34-26(33)20(12-15-4-2-1-3-5-15)29-24(31)22-16-6-7-17(13-16)23(22)25(29)32/h1-11,16-17,20,22-23H,12-14H2,(H,28,30)/t16-,17-,20+,22-,23+/m0/s1. The average Bonchev–Trinajstić information content (AvgIpc) is 3.52. The second-order valence-corrected chi connectivity index (χ2v) is 9.83. The van der Waals surface area contributed by atoms with Gasteiger partial charge in [-0.25, -0.2) is 4.79 Å². The largest absolute Gasteiger partial charge is 0.454 e. The van der Waals surface area contributed by atoms with Gasteiger partial charge in [-0.1, -0.05) is 58.4 Å². The second-order valence-electron chi connectivity index (χ2n) is 8.91. The van der Waals surface area contributed by atoms with Crippen molar-refractivity contribution in [2.75, 3.05) is 11.9 Å². The monoisotopic (exact) mass is 522 g/mol. The number of nitrogens with zero attached hydrogens (tertiary/aromatic N) is 1. The number of ether oxygens (including phenoxy) is 1. The highest BCUT2D eigenvalue weighted by molar-refractivity contribution is 9.10. The van der Waals surface area contributed by atoms with Crippen LogP contribution in [-0.4, -0.2) is 41.2 Å². The van der Waals surface area contributed by atoms with E-state index in [4.69, 9.17) is 4.74 Å². The van der Waals surface area contributed by atoms with Crippen LogP contribution in [0.2, 0.25) is 0 Å². The van der Waals surface area contributed by atoms with Crippen LogP contribution in [-0.2, 0) is 30.3 Å². The van der Waals surface area contributed by atoms with Gasteiger partial charge in [0.2, 0.25) is 11.8 Å². The van der Waals surface area contributed by atoms with Crippen molar-refractivity contribution in [1.29, 1.82) is 0 Å². The molecular formula is C26H23BrN2O5. The summed E-state index contributed by atoms with van der Waals surface area (Å²) >= 11 is 3.33. The lowest BCUT2D eigenvalue weighted by molar-refractivity contribution is -0.160. The van der Waals surface area contributed by atoms with E-state index in [2.05, 4.69) is 21.2 Å². The number of carbonyl (C=O) groups excluding carboxylic acids is 4. The van der Waals surface area contributed by atoms with Crippen LogP contribution < -0.4 is 5.32 Å². The number of hydrogen-bond donors (Lipinski definition) is 1. The number of amides is 3. The predicted molar refractivity (Wildman–Crippen MR) is 127 cm³/mol. The first-order valence-electron chi connectivity index (χ1n) is 11.2. The third kappa shape index (κ3) is 4.18. The molecule has 2 aliphatic carbocycles. The Balaban J connectivity index is 1.31. The molecule has 1 saturated carbocycles. The smallest absolute Gasteiger partial charge is 0.330 e. The first-order chi connectivity index (χ1) is 16.4.